The number of anilines is 1. The normalized spacial score (nSPS) is 11.9. The molecule has 0 saturated heterocycles. The highest BCUT2D eigenvalue weighted by Crippen LogP contribution is 2.34. The third-order valence-electron chi connectivity index (χ3n) is 6.37. The molecule has 0 radical (unpaired) electrons. The zero-order chi connectivity index (χ0) is 28.4. The molecule has 2 aromatic carbocycles. The molecule has 0 fully saturated rings. The number of hydrogen-bond acceptors (Lipinski definition) is 9. The number of pyridine rings is 2. The van der Waals surface area contributed by atoms with Crippen LogP contribution >= 0.6 is 0 Å². The van der Waals surface area contributed by atoms with E-state index in [0.717, 1.165) is 16.5 Å². The molecule has 11 heteroatoms. The van der Waals surface area contributed by atoms with Crippen molar-refractivity contribution in [1.82, 2.24) is 19.9 Å². The fraction of sp³-hybridized carbons (Fsp3) is 0.103. The lowest BCUT2D eigenvalue weighted by Gasteiger charge is -2.20. The molecule has 40 heavy (non-hydrogen) atoms. The number of benzene rings is 2. The van der Waals surface area contributed by atoms with E-state index in [4.69, 9.17) is 10.4 Å². The summed E-state index contributed by atoms with van der Waals surface area (Å²) < 4.78 is 24.3. The monoisotopic (exact) mass is 546 g/mol. The molecule has 0 amide bonds. The van der Waals surface area contributed by atoms with Crippen LogP contribution < -0.4 is 10.5 Å². The molecule has 0 saturated carbocycles. The molecule has 196 valence electrons. The topological polar surface area (TPSA) is 171 Å². The van der Waals surface area contributed by atoms with Crippen LogP contribution in [0.4, 0.5) is 5.69 Å². The molecule has 0 spiro atoms. The number of para-hydroxylation sites is 1. The quantitative estimate of drug-likeness (QED) is 0.308. The molecule has 0 unspecified atom stereocenters. The number of nitriles is 2. The van der Waals surface area contributed by atoms with E-state index < -0.39 is 10.0 Å². The van der Waals surface area contributed by atoms with Gasteiger partial charge in [0.05, 0.1) is 16.9 Å². The van der Waals surface area contributed by atoms with Gasteiger partial charge in [-0.3, -0.25) is 4.98 Å². The summed E-state index contributed by atoms with van der Waals surface area (Å²) in [5.74, 6) is 0.0733. The Labute approximate surface area is 230 Å². The van der Waals surface area contributed by atoms with Crippen molar-refractivity contribution in [3.05, 3.63) is 95.8 Å². The van der Waals surface area contributed by atoms with Crippen LogP contribution in [0.5, 0.6) is 0 Å². The number of aryl methyl sites for hydroxylation is 1. The Balaban J connectivity index is 1.57. The highest BCUT2D eigenvalue weighted by molar-refractivity contribution is 7.89. The zero-order valence-electron chi connectivity index (χ0n) is 21.5. The molecule has 0 aliphatic heterocycles. The van der Waals surface area contributed by atoms with Crippen molar-refractivity contribution in [2.75, 3.05) is 5.32 Å². The SMILES string of the molecule is Cc1cc([C@@H](C)Nc2ccccc2S(N)(=O)=O)c2cc(-c3ccc(-c4cnc(C#N)nc4)nc3)c(C#N)nc2c1. The average Bonchev–Trinajstić information content (AvgIpc) is 2.96. The molecule has 1 atom stereocenters. The number of hydrogen-bond donors (Lipinski definition) is 2. The summed E-state index contributed by atoms with van der Waals surface area (Å²) in [6.07, 6.45) is 4.71. The zero-order valence-corrected chi connectivity index (χ0v) is 22.3. The van der Waals surface area contributed by atoms with Gasteiger partial charge < -0.3 is 5.32 Å². The first-order valence-corrected chi connectivity index (χ1v) is 13.7. The number of primary sulfonamides is 1. The minimum atomic E-state index is -3.93. The maximum Gasteiger partial charge on any atom is 0.240 e. The van der Waals surface area contributed by atoms with Gasteiger partial charge in [0.2, 0.25) is 15.8 Å². The molecule has 3 heterocycles. The van der Waals surface area contributed by atoms with Crippen LogP contribution in [0.1, 0.15) is 35.6 Å². The van der Waals surface area contributed by atoms with Gasteiger partial charge in [0.1, 0.15) is 22.7 Å². The first-order chi connectivity index (χ1) is 19.2. The smallest absolute Gasteiger partial charge is 0.240 e. The lowest BCUT2D eigenvalue weighted by molar-refractivity contribution is 0.598. The van der Waals surface area contributed by atoms with Crippen LogP contribution in [0.3, 0.4) is 0 Å². The average molecular weight is 547 g/mol. The van der Waals surface area contributed by atoms with Crippen molar-refractivity contribution in [2.24, 2.45) is 5.14 Å². The van der Waals surface area contributed by atoms with Gasteiger partial charge in [0.15, 0.2) is 0 Å². The van der Waals surface area contributed by atoms with Crippen molar-refractivity contribution < 1.29 is 8.42 Å². The molecule has 5 aromatic rings. The molecule has 3 N–H and O–H groups in total. The summed E-state index contributed by atoms with van der Waals surface area (Å²) >= 11 is 0. The highest BCUT2D eigenvalue weighted by atomic mass is 32.2. The number of sulfonamides is 1. The maximum absolute atomic E-state index is 12.1. The van der Waals surface area contributed by atoms with E-state index in [9.17, 15) is 13.7 Å². The van der Waals surface area contributed by atoms with Gasteiger partial charge in [-0.2, -0.15) is 10.5 Å². The standard InChI is InChI=1S/C29H22N8O2S/c1-17-9-21(18(2)36-25-5-3-4-6-28(25)40(32,38)39)23-11-22(27(12-30)37-26(23)10-17)19-7-8-24(33-14-19)20-15-34-29(13-31)35-16-20/h3-11,14-16,18,36H,1-2H3,(H2,32,38,39)/t18-/m1/s1. The highest BCUT2D eigenvalue weighted by Gasteiger charge is 2.19. The fourth-order valence-corrected chi connectivity index (χ4v) is 5.20. The van der Waals surface area contributed by atoms with E-state index in [1.54, 1.807) is 30.5 Å². The second-order valence-corrected chi connectivity index (χ2v) is 10.7. The van der Waals surface area contributed by atoms with E-state index in [2.05, 4.69) is 31.3 Å². The largest absolute Gasteiger partial charge is 0.377 e. The number of nitrogens with one attached hydrogen (secondary N) is 1. The van der Waals surface area contributed by atoms with Crippen LogP contribution in [-0.2, 0) is 10.0 Å². The van der Waals surface area contributed by atoms with Gasteiger partial charge in [-0.25, -0.2) is 28.5 Å². The molecule has 3 aromatic heterocycles. The number of rotatable bonds is 6. The van der Waals surface area contributed by atoms with Crippen molar-refractivity contribution in [3.63, 3.8) is 0 Å². The molecule has 0 aliphatic rings. The maximum atomic E-state index is 12.1. The summed E-state index contributed by atoms with van der Waals surface area (Å²) in [6.45, 7) is 3.85. The van der Waals surface area contributed by atoms with Crippen LogP contribution in [0.2, 0.25) is 0 Å². The van der Waals surface area contributed by atoms with Crippen LogP contribution in [0.15, 0.2) is 78.1 Å². The van der Waals surface area contributed by atoms with Gasteiger partial charge >= 0.3 is 0 Å². The molecule has 0 bridgehead atoms. The Morgan fingerprint density at radius 3 is 2.30 bits per heavy atom. The summed E-state index contributed by atoms with van der Waals surface area (Å²) in [4.78, 5) is 17.1. The van der Waals surface area contributed by atoms with Gasteiger partial charge in [-0.15, -0.1) is 0 Å². The molecular formula is C29H22N8O2S. The lowest BCUT2D eigenvalue weighted by atomic mass is 9.95. The number of fused-ring (bicyclic) bond motifs is 1. The Hall–Kier alpha value is -5.23. The Bertz CT molecular complexity index is 1940. The van der Waals surface area contributed by atoms with Crippen molar-refractivity contribution in [2.45, 2.75) is 24.8 Å². The Morgan fingerprint density at radius 1 is 0.925 bits per heavy atom. The molecule has 5 rings (SSSR count). The van der Waals surface area contributed by atoms with E-state index in [-0.39, 0.29) is 22.5 Å². The minimum Gasteiger partial charge on any atom is -0.377 e. The van der Waals surface area contributed by atoms with Crippen LogP contribution in [0.25, 0.3) is 33.3 Å². The van der Waals surface area contributed by atoms with E-state index in [0.29, 0.717) is 33.6 Å². The minimum absolute atomic E-state index is 0.00298. The Morgan fingerprint density at radius 2 is 1.65 bits per heavy atom. The second-order valence-electron chi connectivity index (χ2n) is 9.16. The first-order valence-electron chi connectivity index (χ1n) is 12.1. The van der Waals surface area contributed by atoms with Crippen LogP contribution in [0, 0.1) is 29.6 Å². The van der Waals surface area contributed by atoms with Crippen LogP contribution in [-0.4, -0.2) is 28.4 Å². The summed E-state index contributed by atoms with van der Waals surface area (Å²) in [5, 5.41) is 28.3. The predicted octanol–water partition coefficient (Wildman–Crippen LogP) is 4.63. The van der Waals surface area contributed by atoms with Gasteiger partial charge in [0, 0.05) is 46.7 Å². The third kappa shape index (κ3) is 5.20. The summed E-state index contributed by atoms with van der Waals surface area (Å²) in [7, 11) is -3.93. The van der Waals surface area contributed by atoms with E-state index in [1.807, 2.05) is 44.2 Å². The van der Waals surface area contributed by atoms with Gasteiger partial charge in [0.25, 0.3) is 0 Å². The number of aromatic nitrogens is 4. The van der Waals surface area contributed by atoms with Crippen molar-refractivity contribution >= 4 is 26.6 Å². The van der Waals surface area contributed by atoms with Crippen molar-refractivity contribution in [1.29, 1.82) is 10.5 Å². The molecule has 0 aliphatic carbocycles. The first kappa shape index (κ1) is 26.4. The second kappa shape index (κ2) is 10.5. The van der Waals surface area contributed by atoms with Crippen molar-refractivity contribution in [3.8, 4) is 34.5 Å². The number of nitrogens with zero attached hydrogens (tertiary/aromatic N) is 6. The predicted molar refractivity (Wildman–Crippen MR) is 150 cm³/mol. The fourth-order valence-electron chi connectivity index (χ4n) is 4.50. The third-order valence-corrected chi connectivity index (χ3v) is 7.34. The van der Waals surface area contributed by atoms with Gasteiger partial charge in [-0.1, -0.05) is 24.3 Å². The Kier molecular flexibility index (Phi) is 6.92. The molecular weight excluding hydrogens is 524 g/mol. The molecule has 10 nitrogen and oxygen atoms in total. The summed E-state index contributed by atoms with van der Waals surface area (Å²) in [5.41, 5.74) is 5.66. The van der Waals surface area contributed by atoms with Gasteiger partial charge in [-0.05, 0) is 55.3 Å². The number of nitrogens with two attached hydrogens (primary N) is 1. The van der Waals surface area contributed by atoms with E-state index >= 15 is 0 Å². The lowest BCUT2D eigenvalue weighted by Crippen LogP contribution is -2.16. The van der Waals surface area contributed by atoms with E-state index in [1.165, 1.54) is 18.5 Å². The summed E-state index contributed by atoms with van der Waals surface area (Å²) in [6, 6.07) is 19.7.